The van der Waals surface area contributed by atoms with Crippen LogP contribution in [-0.2, 0) is 6.42 Å². The molecule has 0 atom stereocenters. The van der Waals surface area contributed by atoms with Gasteiger partial charge < -0.3 is 4.74 Å². The molecule has 1 aromatic carbocycles. The maximum absolute atomic E-state index is 8.66. The second kappa shape index (κ2) is 3.93. The van der Waals surface area contributed by atoms with E-state index >= 15 is 0 Å². The molecule has 0 amide bonds. The molecule has 1 heterocycles. The van der Waals surface area contributed by atoms with E-state index in [-0.39, 0.29) is 6.42 Å². The van der Waals surface area contributed by atoms with E-state index in [9.17, 15) is 0 Å². The van der Waals surface area contributed by atoms with E-state index in [0.717, 1.165) is 10.8 Å². The first-order valence-electron chi connectivity index (χ1n) is 4.52. The molecule has 0 bridgehead atoms. The van der Waals surface area contributed by atoms with Crippen LogP contribution in [0.15, 0.2) is 24.3 Å². The summed E-state index contributed by atoms with van der Waals surface area (Å²) in [6.07, 6.45) is 0.261. The number of ether oxygens (including phenoxy) is 1. The summed E-state index contributed by atoms with van der Waals surface area (Å²) in [5.41, 5.74) is 0.689. The van der Waals surface area contributed by atoms with E-state index in [1.165, 1.54) is 0 Å². The second-order valence-corrected chi connectivity index (χ2v) is 3.04. The first-order valence-corrected chi connectivity index (χ1v) is 4.52. The topological polar surface area (TPSA) is 58.8 Å². The van der Waals surface area contributed by atoms with E-state index in [4.69, 9.17) is 10.00 Å². The maximum atomic E-state index is 8.66. The molecule has 0 unspecified atom stereocenters. The van der Waals surface area contributed by atoms with Crippen LogP contribution in [0.4, 0.5) is 0 Å². The number of benzene rings is 1. The Morgan fingerprint density at radius 1 is 1.27 bits per heavy atom. The molecule has 0 fully saturated rings. The lowest BCUT2D eigenvalue weighted by atomic mass is 10.1. The standard InChI is InChI=1S/C11H9N3O/c1-15-11-9-5-3-2-4-8(9)10(6-7-12)13-14-11/h2-5H,6H2,1H3. The van der Waals surface area contributed by atoms with Crippen molar-refractivity contribution < 1.29 is 4.74 Å². The highest BCUT2D eigenvalue weighted by atomic mass is 16.5. The van der Waals surface area contributed by atoms with Crippen molar-refractivity contribution >= 4 is 10.8 Å². The summed E-state index contributed by atoms with van der Waals surface area (Å²) in [6, 6.07) is 9.71. The van der Waals surface area contributed by atoms with Crippen molar-refractivity contribution in [1.82, 2.24) is 10.2 Å². The average Bonchev–Trinajstić information content (AvgIpc) is 2.30. The summed E-state index contributed by atoms with van der Waals surface area (Å²) in [4.78, 5) is 0. The van der Waals surface area contributed by atoms with Crippen LogP contribution in [0.25, 0.3) is 10.8 Å². The minimum atomic E-state index is 0.261. The molecule has 0 spiro atoms. The minimum Gasteiger partial charge on any atom is -0.479 e. The molecule has 0 saturated carbocycles. The van der Waals surface area contributed by atoms with Crippen molar-refractivity contribution in [2.45, 2.75) is 6.42 Å². The first kappa shape index (κ1) is 9.41. The zero-order chi connectivity index (χ0) is 10.7. The van der Waals surface area contributed by atoms with Crippen LogP contribution in [0.3, 0.4) is 0 Å². The number of rotatable bonds is 2. The summed E-state index contributed by atoms with van der Waals surface area (Å²) in [5.74, 6) is 0.493. The zero-order valence-corrected chi connectivity index (χ0v) is 8.27. The Labute approximate surface area is 87.1 Å². The third kappa shape index (κ3) is 1.59. The molecule has 0 aliphatic heterocycles. The Hall–Kier alpha value is -2.15. The van der Waals surface area contributed by atoms with Gasteiger partial charge in [-0.1, -0.05) is 18.2 Å². The second-order valence-electron chi connectivity index (χ2n) is 3.04. The van der Waals surface area contributed by atoms with Gasteiger partial charge in [0.15, 0.2) is 0 Å². The van der Waals surface area contributed by atoms with Crippen LogP contribution in [-0.4, -0.2) is 17.3 Å². The summed E-state index contributed by atoms with van der Waals surface area (Å²) in [7, 11) is 1.56. The summed E-state index contributed by atoms with van der Waals surface area (Å²) in [5, 5.41) is 18.4. The van der Waals surface area contributed by atoms with Crippen LogP contribution < -0.4 is 4.74 Å². The van der Waals surface area contributed by atoms with E-state index in [2.05, 4.69) is 16.3 Å². The fourth-order valence-electron chi connectivity index (χ4n) is 1.49. The Bertz CT molecular complexity index is 531. The van der Waals surface area contributed by atoms with Gasteiger partial charge in [0.2, 0.25) is 5.88 Å². The largest absolute Gasteiger partial charge is 0.479 e. The van der Waals surface area contributed by atoms with Crippen LogP contribution in [0, 0.1) is 11.3 Å². The van der Waals surface area contributed by atoms with Crippen molar-refractivity contribution in [1.29, 1.82) is 5.26 Å². The van der Waals surface area contributed by atoms with E-state index in [1.807, 2.05) is 24.3 Å². The van der Waals surface area contributed by atoms with Crippen LogP contribution in [0.2, 0.25) is 0 Å². The van der Waals surface area contributed by atoms with Gasteiger partial charge in [-0.3, -0.25) is 0 Å². The molecule has 0 aliphatic rings. The predicted octanol–water partition coefficient (Wildman–Crippen LogP) is 1.70. The van der Waals surface area contributed by atoms with Gasteiger partial charge in [0, 0.05) is 10.8 Å². The zero-order valence-electron chi connectivity index (χ0n) is 8.27. The van der Waals surface area contributed by atoms with Gasteiger partial charge in [0.25, 0.3) is 0 Å². The number of hydrogen-bond donors (Lipinski definition) is 0. The number of hydrogen-bond acceptors (Lipinski definition) is 4. The molecule has 74 valence electrons. The van der Waals surface area contributed by atoms with E-state index in [1.54, 1.807) is 7.11 Å². The number of nitriles is 1. The third-order valence-electron chi connectivity index (χ3n) is 2.17. The van der Waals surface area contributed by atoms with Crippen LogP contribution in [0.1, 0.15) is 5.69 Å². The lowest BCUT2D eigenvalue weighted by Crippen LogP contribution is -1.97. The summed E-state index contributed by atoms with van der Waals surface area (Å²) < 4.78 is 5.10. The van der Waals surface area contributed by atoms with Gasteiger partial charge >= 0.3 is 0 Å². The molecule has 0 radical (unpaired) electrons. The number of fused-ring (bicyclic) bond motifs is 1. The highest BCUT2D eigenvalue weighted by molar-refractivity contribution is 5.88. The Morgan fingerprint density at radius 2 is 2.00 bits per heavy atom. The van der Waals surface area contributed by atoms with Gasteiger partial charge in [-0.05, 0) is 6.07 Å². The molecule has 0 N–H and O–H groups in total. The predicted molar refractivity (Wildman–Crippen MR) is 55.4 cm³/mol. The molecule has 2 aromatic rings. The molecule has 4 nitrogen and oxygen atoms in total. The van der Waals surface area contributed by atoms with E-state index in [0.29, 0.717) is 11.6 Å². The van der Waals surface area contributed by atoms with Crippen molar-refractivity contribution in [3.8, 4) is 11.9 Å². The minimum absolute atomic E-state index is 0.261. The van der Waals surface area contributed by atoms with Gasteiger partial charge in [-0.15, -0.1) is 5.10 Å². The van der Waals surface area contributed by atoms with Crippen LogP contribution >= 0.6 is 0 Å². The van der Waals surface area contributed by atoms with E-state index < -0.39 is 0 Å². The number of nitrogens with zero attached hydrogens (tertiary/aromatic N) is 3. The maximum Gasteiger partial charge on any atom is 0.241 e. The Morgan fingerprint density at radius 3 is 2.67 bits per heavy atom. The third-order valence-corrected chi connectivity index (χ3v) is 2.17. The number of methoxy groups -OCH3 is 1. The summed E-state index contributed by atoms with van der Waals surface area (Å²) >= 11 is 0. The Kier molecular flexibility index (Phi) is 2.46. The highest BCUT2D eigenvalue weighted by Gasteiger charge is 2.07. The number of aromatic nitrogens is 2. The van der Waals surface area contributed by atoms with Crippen molar-refractivity contribution in [2.24, 2.45) is 0 Å². The quantitative estimate of drug-likeness (QED) is 0.738. The SMILES string of the molecule is COc1nnc(CC#N)c2ccccc12. The van der Waals surface area contributed by atoms with Gasteiger partial charge in [0.05, 0.1) is 25.3 Å². The normalized spacial score (nSPS) is 9.87. The smallest absolute Gasteiger partial charge is 0.241 e. The molecular formula is C11H9N3O. The average molecular weight is 199 g/mol. The molecule has 0 saturated heterocycles. The van der Waals surface area contributed by atoms with Crippen LogP contribution in [0.5, 0.6) is 5.88 Å². The van der Waals surface area contributed by atoms with Gasteiger partial charge in [-0.25, -0.2) is 0 Å². The molecule has 15 heavy (non-hydrogen) atoms. The highest BCUT2D eigenvalue weighted by Crippen LogP contribution is 2.24. The molecular weight excluding hydrogens is 190 g/mol. The summed E-state index contributed by atoms with van der Waals surface area (Å²) in [6.45, 7) is 0. The fourth-order valence-corrected chi connectivity index (χ4v) is 1.49. The van der Waals surface area contributed by atoms with Gasteiger partial charge in [-0.2, -0.15) is 10.4 Å². The first-order chi connectivity index (χ1) is 7.36. The molecule has 4 heteroatoms. The fraction of sp³-hybridized carbons (Fsp3) is 0.182. The van der Waals surface area contributed by atoms with Crippen molar-refractivity contribution in [3.63, 3.8) is 0 Å². The lowest BCUT2D eigenvalue weighted by Gasteiger charge is -2.05. The lowest BCUT2D eigenvalue weighted by molar-refractivity contribution is 0.397. The Balaban J connectivity index is 2.72. The van der Waals surface area contributed by atoms with Gasteiger partial charge in [0.1, 0.15) is 0 Å². The molecule has 0 aliphatic carbocycles. The monoisotopic (exact) mass is 199 g/mol. The van der Waals surface area contributed by atoms with Crippen molar-refractivity contribution in [2.75, 3.05) is 7.11 Å². The molecule has 2 rings (SSSR count). The molecule has 1 aromatic heterocycles. The van der Waals surface area contributed by atoms with Crippen molar-refractivity contribution in [3.05, 3.63) is 30.0 Å².